The third-order valence-corrected chi connectivity index (χ3v) is 5.54. The molecule has 0 saturated heterocycles. The van der Waals surface area contributed by atoms with E-state index >= 15 is 0 Å². The Hall–Kier alpha value is -2.69. The van der Waals surface area contributed by atoms with Crippen LogP contribution in [-0.4, -0.2) is 27.4 Å². The second-order valence-corrected chi connectivity index (χ2v) is 7.73. The molecule has 136 valence electrons. The molecule has 2 aromatic carbocycles. The van der Waals surface area contributed by atoms with Crippen LogP contribution in [0.1, 0.15) is 23.6 Å². The lowest BCUT2D eigenvalue weighted by Crippen LogP contribution is -2.37. The van der Waals surface area contributed by atoms with E-state index in [0.29, 0.717) is 16.8 Å². The van der Waals surface area contributed by atoms with Gasteiger partial charge in [-0.25, -0.2) is 13.1 Å². The first-order chi connectivity index (χ1) is 12.2. The Balaban J connectivity index is 2.12. The summed E-state index contributed by atoms with van der Waals surface area (Å²) in [6.07, 6.45) is 0. The maximum Gasteiger partial charge on any atom is 0.240 e. The molecular formula is C19H21N3O3S. The van der Waals surface area contributed by atoms with Crippen molar-refractivity contribution in [2.45, 2.75) is 25.7 Å². The van der Waals surface area contributed by atoms with E-state index < -0.39 is 10.0 Å². The van der Waals surface area contributed by atoms with Gasteiger partial charge in [0.1, 0.15) is 0 Å². The zero-order chi connectivity index (χ0) is 19.3. The molecule has 2 rings (SSSR count). The van der Waals surface area contributed by atoms with Gasteiger partial charge in [-0.15, -0.1) is 0 Å². The summed E-state index contributed by atoms with van der Waals surface area (Å²) in [6.45, 7) is 5.27. The Bertz CT molecular complexity index is 962. The maximum absolute atomic E-state index is 12.5. The minimum Gasteiger partial charge on any atom is -0.311 e. The molecule has 1 N–H and O–H groups in total. The van der Waals surface area contributed by atoms with Gasteiger partial charge in [0.2, 0.25) is 15.9 Å². The molecule has 0 bridgehead atoms. The Morgan fingerprint density at radius 1 is 1.19 bits per heavy atom. The fraction of sp³-hybridized carbons (Fsp3) is 0.263. The standard InChI is InChI=1S/C19H21N3O3S/c1-14-7-8-19(15(2)11-14)26(24,25)21-9-10-22(16(3)23)18-6-4-5-17(12-18)13-20/h4-8,11-12,21H,9-10H2,1-3H3. The van der Waals surface area contributed by atoms with Crippen LogP contribution >= 0.6 is 0 Å². The Kier molecular flexibility index (Phi) is 6.14. The van der Waals surface area contributed by atoms with E-state index in [1.807, 2.05) is 19.1 Å². The van der Waals surface area contributed by atoms with Gasteiger partial charge in [-0.3, -0.25) is 4.79 Å². The fourth-order valence-corrected chi connectivity index (χ4v) is 3.93. The van der Waals surface area contributed by atoms with Crippen molar-refractivity contribution in [1.82, 2.24) is 4.72 Å². The van der Waals surface area contributed by atoms with Crippen LogP contribution in [0.4, 0.5) is 5.69 Å². The van der Waals surface area contributed by atoms with Gasteiger partial charge in [0.25, 0.3) is 0 Å². The maximum atomic E-state index is 12.5. The van der Waals surface area contributed by atoms with Crippen molar-refractivity contribution < 1.29 is 13.2 Å². The van der Waals surface area contributed by atoms with Crippen molar-refractivity contribution in [1.29, 1.82) is 5.26 Å². The number of carbonyl (C=O) groups excluding carboxylic acids is 1. The second kappa shape index (κ2) is 8.13. The van der Waals surface area contributed by atoms with Gasteiger partial charge >= 0.3 is 0 Å². The number of aryl methyl sites for hydroxylation is 2. The SMILES string of the molecule is CC(=O)N(CCNS(=O)(=O)c1ccc(C)cc1C)c1cccc(C#N)c1. The van der Waals surface area contributed by atoms with Crippen molar-refractivity contribution in [3.8, 4) is 6.07 Å². The summed E-state index contributed by atoms with van der Waals surface area (Å²) >= 11 is 0. The number of benzene rings is 2. The molecule has 0 fully saturated rings. The first-order valence-electron chi connectivity index (χ1n) is 8.10. The molecule has 7 heteroatoms. The van der Waals surface area contributed by atoms with Crippen LogP contribution in [0.2, 0.25) is 0 Å². The zero-order valence-electron chi connectivity index (χ0n) is 15.0. The van der Waals surface area contributed by atoms with Gasteiger partial charge < -0.3 is 4.90 Å². The normalized spacial score (nSPS) is 11.0. The van der Waals surface area contributed by atoms with Gasteiger partial charge in [-0.1, -0.05) is 23.8 Å². The molecule has 0 unspecified atom stereocenters. The predicted molar refractivity (Wildman–Crippen MR) is 100 cm³/mol. The first kappa shape index (κ1) is 19.6. The van der Waals surface area contributed by atoms with Gasteiger partial charge in [-0.05, 0) is 43.7 Å². The predicted octanol–water partition coefficient (Wildman–Crippen LogP) is 2.51. The molecule has 26 heavy (non-hydrogen) atoms. The van der Waals surface area contributed by atoms with Crippen molar-refractivity contribution in [2.24, 2.45) is 0 Å². The van der Waals surface area contributed by atoms with E-state index in [1.165, 1.54) is 11.8 Å². The monoisotopic (exact) mass is 371 g/mol. The Labute approximate surface area is 154 Å². The molecule has 6 nitrogen and oxygen atoms in total. The smallest absolute Gasteiger partial charge is 0.240 e. The number of sulfonamides is 1. The van der Waals surface area contributed by atoms with Gasteiger partial charge in [0.15, 0.2) is 0 Å². The lowest BCUT2D eigenvalue weighted by molar-refractivity contribution is -0.116. The topological polar surface area (TPSA) is 90.3 Å². The molecule has 0 spiro atoms. The van der Waals surface area contributed by atoms with Crippen LogP contribution in [0.15, 0.2) is 47.4 Å². The summed E-state index contributed by atoms with van der Waals surface area (Å²) in [4.78, 5) is 13.6. The highest BCUT2D eigenvalue weighted by atomic mass is 32.2. The quantitative estimate of drug-likeness (QED) is 0.845. The largest absolute Gasteiger partial charge is 0.311 e. The summed E-state index contributed by atoms with van der Waals surface area (Å²) in [5.41, 5.74) is 2.65. The molecule has 0 radical (unpaired) electrons. The Morgan fingerprint density at radius 2 is 1.92 bits per heavy atom. The minimum absolute atomic E-state index is 0.0615. The van der Waals surface area contributed by atoms with Crippen LogP contribution in [0.3, 0.4) is 0 Å². The minimum atomic E-state index is -3.66. The van der Waals surface area contributed by atoms with E-state index in [4.69, 9.17) is 5.26 Å². The molecular weight excluding hydrogens is 350 g/mol. The number of nitrogens with one attached hydrogen (secondary N) is 1. The third-order valence-electron chi connectivity index (χ3n) is 3.91. The highest BCUT2D eigenvalue weighted by Crippen LogP contribution is 2.18. The number of amides is 1. The number of nitriles is 1. The van der Waals surface area contributed by atoms with E-state index in [1.54, 1.807) is 43.3 Å². The first-order valence-corrected chi connectivity index (χ1v) is 9.58. The molecule has 0 atom stereocenters. The summed E-state index contributed by atoms with van der Waals surface area (Å²) in [7, 11) is -3.66. The Morgan fingerprint density at radius 3 is 2.54 bits per heavy atom. The van der Waals surface area contributed by atoms with Crippen molar-refractivity contribution in [3.05, 3.63) is 59.2 Å². The number of carbonyl (C=O) groups is 1. The zero-order valence-corrected chi connectivity index (χ0v) is 15.8. The van der Waals surface area contributed by atoms with Crippen LogP contribution < -0.4 is 9.62 Å². The van der Waals surface area contributed by atoms with Crippen molar-refractivity contribution in [2.75, 3.05) is 18.0 Å². The summed E-state index contributed by atoms with van der Waals surface area (Å²) < 4.78 is 27.5. The lowest BCUT2D eigenvalue weighted by Gasteiger charge is -2.21. The number of rotatable bonds is 6. The molecule has 1 amide bonds. The van der Waals surface area contributed by atoms with E-state index in [9.17, 15) is 13.2 Å². The van der Waals surface area contributed by atoms with Crippen LogP contribution in [-0.2, 0) is 14.8 Å². The summed E-state index contributed by atoms with van der Waals surface area (Å²) in [5, 5.41) is 8.99. The van der Waals surface area contributed by atoms with Gasteiger partial charge in [-0.2, -0.15) is 5.26 Å². The number of nitrogens with zero attached hydrogens (tertiary/aromatic N) is 2. The molecule has 0 aromatic heterocycles. The summed E-state index contributed by atoms with van der Waals surface area (Å²) in [6, 6.07) is 13.8. The second-order valence-electron chi connectivity index (χ2n) is 6.00. The molecule has 0 aliphatic heterocycles. The molecule has 0 aliphatic rings. The van der Waals surface area contributed by atoms with Crippen molar-refractivity contribution in [3.63, 3.8) is 0 Å². The van der Waals surface area contributed by atoms with Crippen LogP contribution in [0.25, 0.3) is 0 Å². The van der Waals surface area contributed by atoms with Gasteiger partial charge in [0, 0.05) is 25.7 Å². The van der Waals surface area contributed by atoms with Crippen LogP contribution in [0.5, 0.6) is 0 Å². The van der Waals surface area contributed by atoms with E-state index in [0.717, 1.165) is 5.56 Å². The van der Waals surface area contributed by atoms with Gasteiger partial charge in [0.05, 0.1) is 16.5 Å². The molecule has 0 aliphatic carbocycles. The number of anilines is 1. The number of hydrogen-bond acceptors (Lipinski definition) is 4. The highest BCUT2D eigenvalue weighted by Gasteiger charge is 2.18. The van der Waals surface area contributed by atoms with Crippen LogP contribution in [0, 0.1) is 25.2 Å². The van der Waals surface area contributed by atoms with E-state index in [2.05, 4.69) is 4.72 Å². The number of hydrogen-bond donors (Lipinski definition) is 1. The highest BCUT2D eigenvalue weighted by molar-refractivity contribution is 7.89. The fourth-order valence-electron chi connectivity index (χ4n) is 2.68. The third kappa shape index (κ3) is 4.69. The molecule has 0 saturated carbocycles. The van der Waals surface area contributed by atoms with Crippen molar-refractivity contribution >= 4 is 21.6 Å². The molecule has 0 heterocycles. The average molecular weight is 371 g/mol. The lowest BCUT2D eigenvalue weighted by atomic mass is 10.2. The van der Waals surface area contributed by atoms with E-state index in [-0.39, 0.29) is 23.9 Å². The summed E-state index contributed by atoms with van der Waals surface area (Å²) in [5.74, 6) is -0.231. The average Bonchev–Trinajstić information content (AvgIpc) is 2.58. The molecule has 2 aromatic rings.